The molecule has 0 bridgehead atoms. The van der Waals surface area contributed by atoms with E-state index in [4.69, 9.17) is 11.6 Å². The van der Waals surface area contributed by atoms with Crippen LogP contribution in [0.3, 0.4) is 0 Å². The van der Waals surface area contributed by atoms with E-state index < -0.39 is 17.0 Å². The molecule has 1 heterocycles. The summed E-state index contributed by atoms with van der Waals surface area (Å²) in [6.07, 6.45) is -4.38. The molecule has 1 aromatic heterocycles. The zero-order valence-corrected chi connectivity index (χ0v) is 11.3. The molecular weight excluding hydrogens is 297 g/mol. The normalized spacial score (nSPS) is 11.6. The van der Waals surface area contributed by atoms with Gasteiger partial charge in [0.15, 0.2) is 0 Å². The SMILES string of the molecule is Cc1sc(-c2cccc(C(F)(F)F)c2)cc1C(=O)Cl. The summed E-state index contributed by atoms with van der Waals surface area (Å²) in [6.45, 7) is 1.71. The van der Waals surface area contributed by atoms with Crippen molar-refractivity contribution in [2.24, 2.45) is 0 Å². The molecule has 0 atom stereocenters. The highest BCUT2D eigenvalue weighted by Crippen LogP contribution is 2.36. The lowest BCUT2D eigenvalue weighted by atomic mass is 10.1. The van der Waals surface area contributed by atoms with Crippen LogP contribution in [0.15, 0.2) is 30.3 Å². The molecule has 0 amide bonds. The lowest BCUT2D eigenvalue weighted by Crippen LogP contribution is -2.04. The molecule has 19 heavy (non-hydrogen) atoms. The summed E-state index contributed by atoms with van der Waals surface area (Å²) in [7, 11) is 0. The smallest absolute Gasteiger partial charge is 0.276 e. The average molecular weight is 305 g/mol. The minimum atomic E-state index is -4.38. The number of thiophene rings is 1. The van der Waals surface area contributed by atoms with Crippen molar-refractivity contribution in [3.8, 4) is 10.4 Å². The average Bonchev–Trinajstić information content (AvgIpc) is 2.70. The number of carbonyl (C=O) groups excluding carboxylic acids is 1. The zero-order chi connectivity index (χ0) is 14.2. The fourth-order valence-corrected chi connectivity index (χ4v) is 2.93. The van der Waals surface area contributed by atoms with Crippen LogP contribution in [0.4, 0.5) is 13.2 Å². The molecule has 0 fully saturated rings. The number of rotatable bonds is 2. The number of halogens is 4. The first-order chi connectivity index (χ1) is 8.79. The van der Waals surface area contributed by atoms with Crippen LogP contribution < -0.4 is 0 Å². The Morgan fingerprint density at radius 3 is 2.47 bits per heavy atom. The summed E-state index contributed by atoms with van der Waals surface area (Å²) in [5.41, 5.74) is 0.0426. The standard InChI is InChI=1S/C13H8ClF3OS/c1-7-10(12(14)18)6-11(19-7)8-3-2-4-9(5-8)13(15,16)17/h2-6H,1H3. The van der Waals surface area contributed by atoms with Crippen molar-refractivity contribution in [1.29, 1.82) is 0 Å². The molecule has 1 nitrogen and oxygen atoms in total. The maximum atomic E-state index is 12.6. The van der Waals surface area contributed by atoms with Gasteiger partial charge in [0.1, 0.15) is 0 Å². The second kappa shape index (κ2) is 4.98. The Balaban J connectivity index is 2.48. The summed E-state index contributed by atoms with van der Waals surface area (Å²) >= 11 is 6.64. The summed E-state index contributed by atoms with van der Waals surface area (Å²) in [6, 6.07) is 6.51. The molecule has 2 rings (SSSR count). The molecule has 0 unspecified atom stereocenters. The lowest BCUT2D eigenvalue weighted by Gasteiger charge is -2.07. The highest BCUT2D eigenvalue weighted by Gasteiger charge is 2.30. The summed E-state index contributed by atoms with van der Waals surface area (Å²) in [4.78, 5) is 12.4. The van der Waals surface area contributed by atoms with Crippen LogP contribution in [0.25, 0.3) is 10.4 Å². The fourth-order valence-electron chi connectivity index (χ4n) is 1.67. The van der Waals surface area contributed by atoms with E-state index in [1.165, 1.54) is 23.5 Å². The summed E-state index contributed by atoms with van der Waals surface area (Å²) < 4.78 is 37.9. The Morgan fingerprint density at radius 2 is 1.95 bits per heavy atom. The van der Waals surface area contributed by atoms with Gasteiger partial charge in [-0.05, 0) is 42.3 Å². The van der Waals surface area contributed by atoms with Crippen molar-refractivity contribution >= 4 is 28.2 Å². The zero-order valence-electron chi connectivity index (χ0n) is 9.72. The molecular formula is C13H8ClF3OS. The lowest BCUT2D eigenvalue weighted by molar-refractivity contribution is -0.137. The van der Waals surface area contributed by atoms with E-state index in [-0.39, 0.29) is 0 Å². The van der Waals surface area contributed by atoms with Gasteiger partial charge < -0.3 is 0 Å². The van der Waals surface area contributed by atoms with Crippen molar-refractivity contribution in [1.82, 2.24) is 0 Å². The van der Waals surface area contributed by atoms with Gasteiger partial charge in [0.2, 0.25) is 0 Å². The molecule has 0 saturated heterocycles. The Morgan fingerprint density at radius 1 is 1.26 bits per heavy atom. The van der Waals surface area contributed by atoms with Gasteiger partial charge in [0.25, 0.3) is 5.24 Å². The molecule has 2 aromatic rings. The third-order valence-electron chi connectivity index (χ3n) is 2.60. The molecule has 0 aliphatic heterocycles. The molecule has 0 aliphatic carbocycles. The Kier molecular flexibility index (Phi) is 3.69. The Bertz CT molecular complexity index is 631. The topological polar surface area (TPSA) is 17.1 Å². The van der Waals surface area contributed by atoms with Crippen LogP contribution in [0.2, 0.25) is 0 Å². The minimum absolute atomic E-state index is 0.332. The highest BCUT2D eigenvalue weighted by atomic mass is 35.5. The molecule has 0 spiro atoms. The van der Waals surface area contributed by atoms with Crippen molar-refractivity contribution in [2.45, 2.75) is 13.1 Å². The number of alkyl halides is 3. The third-order valence-corrected chi connectivity index (χ3v) is 3.91. The van der Waals surface area contributed by atoms with Crippen molar-refractivity contribution < 1.29 is 18.0 Å². The maximum Gasteiger partial charge on any atom is 0.416 e. The number of benzene rings is 1. The molecule has 0 radical (unpaired) electrons. The summed E-state index contributed by atoms with van der Waals surface area (Å²) in [5, 5.41) is -0.605. The second-order valence-electron chi connectivity index (χ2n) is 3.93. The number of carbonyl (C=O) groups is 1. The second-order valence-corrected chi connectivity index (χ2v) is 5.53. The van der Waals surface area contributed by atoms with Crippen molar-refractivity contribution in [2.75, 3.05) is 0 Å². The molecule has 1 aromatic carbocycles. The number of hydrogen-bond donors (Lipinski definition) is 0. The monoisotopic (exact) mass is 304 g/mol. The molecule has 6 heteroatoms. The predicted octanol–water partition coefficient (Wildman–Crippen LogP) is 5.12. The van der Waals surface area contributed by atoms with Gasteiger partial charge in [-0.3, -0.25) is 4.79 Å². The Labute approximate surface area is 116 Å². The van der Waals surface area contributed by atoms with Crippen molar-refractivity contribution in [3.63, 3.8) is 0 Å². The van der Waals surface area contributed by atoms with Crippen LogP contribution in [-0.2, 0) is 6.18 Å². The van der Waals surface area contributed by atoms with E-state index in [0.717, 1.165) is 12.1 Å². The molecule has 0 N–H and O–H groups in total. The van der Waals surface area contributed by atoms with Gasteiger partial charge in [0.05, 0.1) is 5.56 Å². The molecule has 0 aliphatic rings. The van der Waals surface area contributed by atoms with Crippen LogP contribution >= 0.6 is 22.9 Å². The van der Waals surface area contributed by atoms with Crippen LogP contribution in [0.5, 0.6) is 0 Å². The fraction of sp³-hybridized carbons (Fsp3) is 0.154. The first kappa shape index (κ1) is 14.1. The van der Waals surface area contributed by atoms with E-state index in [0.29, 0.717) is 20.9 Å². The van der Waals surface area contributed by atoms with Gasteiger partial charge in [-0.2, -0.15) is 13.2 Å². The van der Waals surface area contributed by atoms with E-state index in [1.54, 1.807) is 13.0 Å². The van der Waals surface area contributed by atoms with Gasteiger partial charge in [-0.15, -0.1) is 11.3 Å². The van der Waals surface area contributed by atoms with E-state index >= 15 is 0 Å². The van der Waals surface area contributed by atoms with Gasteiger partial charge in [0, 0.05) is 15.3 Å². The summed E-state index contributed by atoms with van der Waals surface area (Å²) in [5.74, 6) is 0. The Hall–Kier alpha value is -1.33. The minimum Gasteiger partial charge on any atom is -0.276 e. The third kappa shape index (κ3) is 2.98. The first-order valence-corrected chi connectivity index (χ1v) is 6.46. The van der Waals surface area contributed by atoms with Crippen molar-refractivity contribution in [3.05, 3.63) is 46.3 Å². The quantitative estimate of drug-likeness (QED) is 0.704. The molecule has 0 saturated carbocycles. The van der Waals surface area contributed by atoms with Gasteiger partial charge in [-0.25, -0.2) is 0 Å². The van der Waals surface area contributed by atoms with Crippen LogP contribution in [-0.4, -0.2) is 5.24 Å². The first-order valence-electron chi connectivity index (χ1n) is 5.27. The highest BCUT2D eigenvalue weighted by molar-refractivity contribution is 7.16. The van der Waals surface area contributed by atoms with Crippen LogP contribution in [0, 0.1) is 6.92 Å². The number of hydrogen-bond acceptors (Lipinski definition) is 2. The predicted molar refractivity (Wildman–Crippen MR) is 69.7 cm³/mol. The van der Waals surface area contributed by atoms with E-state index in [1.807, 2.05) is 0 Å². The number of aryl methyl sites for hydroxylation is 1. The maximum absolute atomic E-state index is 12.6. The van der Waals surface area contributed by atoms with E-state index in [9.17, 15) is 18.0 Å². The largest absolute Gasteiger partial charge is 0.416 e. The van der Waals surface area contributed by atoms with Gasteiger partial charge >= 0.3 is 6.18 Å². The van der Waals surface area contributed by atoms with Crippen LogP contribution in [0.1, 0.15) is 20.8 Å². The van der Waals surface area contributed by atoms with E-state index in [2.05, 4.69) is 0 Å². The van der Waals surface area contributed by atoms with Gasteiger partial charge in [-0.1, -0.05) is 12.1 Å². The molecule has 100 valence electrons.